The smallest absolute Gasteiger partial charge is 0.220 e. The first-order valence-electron chi connectivity index (χ1n) is 7.93. The van der Waals surface area contributed by atoms with E-state index in [0.29, 0.717) is 12.1 Å². The Morgan fingerprint density at radius 2 is 2.04 bits per heavy atom. The molecule has 0 saturated carbocycles. The van der Waals surface area contributed by atoms with Gasteiger partial charge in [0.1, 0.15) is 5.82 Å². The third kappa shape index (κ3) is 4.05. The molecule has 24 heavy (non-hydrogen) atoms. The van der Waals surface area contributed by atoms with Crippen LogP contribution in [-0.4, -0.2) is 28.0 Å². The molecule has 3 rings (SSSR count). The van der Waals surface area contributed by atoms with Gasteiger partial charge in [-0.2, -0.15) is 5.10 Å². The van der Waals surface area contributed by atoms with Crippen molar-refractivity contribution in [2.24, 2.45) is 0 Å². The highest BCUT2D eigenvalue weighted by molar-refractivity contribution is 5.97. The maximum absolute atomic E-state index is 12.8. The maximum atomic E-state index is 12.8. The number of fused-ring (bicyclic) bond motifs is 1. The lowest BCUT2D eigenvalue weighted by Crippen LogP contribution is -2.28. The van der Waals surface area contributed by atoms with Crippen molar-refractivity contribution < 1.29 is 14.0 Å². The van der Waals surface area contributed by atoms with Crippen LogP contribution >= 0.6 is 0 Å². The molecule has 1 aliphatic rings. The Labute approximate surface area is 139 Å². The summed E-state index contributed by atoms with van der Waals surface area (Å²) in [4.78, 5) is 23.8. The van der Waals surface area contributed by atoms with Crippen LogP contribution in [0.1, 0.15) is 34.6 Å². The predicted octanol–water partition coefficient (Wildman–Crippen LogP) is 1.40. The van der Waals surface area contributed by atoms with Gasteiger partial charge in [0.15, 0.2) is 5.78 Å². The van der Waals surface area contributed by atoms with E-state index >= 15 is 0 Å². The number of carbonyl (C=O) groups excluding carboxylic acids is 2. The van der Waals surface area contributed by atoms with Crippen LogP contribution in [0.15, 0.2) is 30.3 Å². The number of aromatic nitrogens is 2. The maximum Gasteiger partial charge on any atom is 0.220 e. The molecule has 0 bridgehead atoms. The molecule has 126 valence electrons. The van der Waals surface area contributed by atoms with Gasteiger partial charge in [0.2, 0.25) is 5.91 Å². The first kappa shape index (κ1) is 16.3. The van der Waals surface area contributed by atoms with Crippen LogP contribution in [0.2, 0.25) is 0 Å². The number of hydrogen-bond acceptors (Lipinski definition) is 4. The fourth-order valence-electron chi connectivity index (χ4n) is 2.62. The Balaban J connectivity index is 1.45. The van der Waals surface area contributed by atoms with E-state index in [4.69, 9.17) is 0 Å². The number of Topliss-reactive ketones (excluding diaryl/α,β-unsaturated/α-hetero) is 1. The number of carbonyl (C=O) groups is 2. The highest BCUT2D eigenvalue weighted by Gasteiger charge is 2.13. The van der Waals surface area contributed by atoms with Gasteiger partial charge in [-0.05, 0) is 30.3 Å². The van der Waals surface area contributed by atoms with Crippen LogP contribution in [0.5, 0.6) is 0 Å². The molecule has 0 radical (unpaired) electrons. The summed E-state index contributed by atoms with van der Waals surface area (Å²) in [5.41, 5.74) is 2.34. The zero-order valence-corrected chi connectivity index (χ0v) is 13.2. The zero-order chi connectivity index (χ0) is 16.9. The van der Waals surface area contributed by atoms with E-state index in [2.05, 4.69) is 15.7 Å². The Morgan fingerprint density at radius 1 is 1.25 bits per heavy atom. The summed E-state index contributed by atoms with van der Waals surface area (Å²) < 4.78 is 14.8. The largest absolute Gasteiger partial charge is 0.350 e. The second-order valence-corrected chi connectivity index (χ2v) is 5.73. The van der Waals surface area contributed by atoms with Crippen molar-refractivity contribution in [3.63, 3.8) is 0 Å². The van der Waals surface area contributed by atoms with Crippen LogP contribution in [0.4, 0.5) is 4.39 Å². The molecule has 6 nitrogen and oxygen atoms in total. The van der Waals surface area contributed by atoms with Gasteiger partial charge >= 0.3 is 0 Å². The van der Waals surface area contributed by atoms with Crippen molar-refractivity contribution in [3.05, 3.63) is 53.1 Å². The lowest BCUT2D eigenvalue weighted by Gasteiger charge is -2.13. The number of nitrogens with zero attached hydrogens (tertiary/aromatic N) is 2. The van der Waals surface area contributed by atoms with E-state index in [1.54, 1.807) is 0 Å². The third-order valence-electron chi connectivity index (χ3n) is 3.93. The molecule has 2 aromatic rings. The zero-order valence-electron chi connectivity index (χ0n) is 13.2. The van der Waals surface area contributed by atoms with Gasteiger partial charge in [0, 0.05) is 31.5 Å². The van der Waals surface area contributed by atoms with E-state index in [0.717, 1.165) is 31.0 Å². The second-order valence-electron chi connectivity index (χ2n) is 5.73. The molecule has 0 spiro atoms. The van der Waals surface area contributed by atoms with E-state index in [-0.39, 0.29) is 30.3 Å². The summed E-state index contributed by atoms with van der Waals surface area (Å²) >= 11 is 0. The number of benzene rings is 1. The number of ketones is 1. The highest BCUT2D eigenvalue weighted by Crippen LogP contribution is 2.09. The standard InChI is InChI=1S/C17H19FN4O2/c18-13-3-1-12(2-4-13)16(23)5-6-17(24)20-10-14-9-15-11-19-7-8-22(15)21-14/h1-4,9,19H,5-8,10-11H2,(H,20,24). The topological polar surface area (TPSA) is 76.0 Å². The molecule has 1 aliphatic heterocycles. The van der Waals surface area contributed by atoms with Crippen molar-refractivity contribution in [1.29, 1.82) is 0 Å². The Kier molecular flexibility index (Phi) is 5.00. The summed E-state index contributed by atoms with van der Waals surface area (Å²) in [5.74, 6) is -0.759. The minimum Gasteiger partial charge on any atom is -0.350 e. The van der Waals surface area contributed by atoms with Gasteiger partial charge in [-0.25, -0.2) is 4.39 Å². The SMILES string of the molecule is O=C(CCC(=O)c1ccc(F)cc1)NCc1cc2n(n1)CCNC2. The Morgan fingerprint density at radius 3 is 2.79 bits per heavy atom. The fraction of sp³-hybridized carbons (Fsp3) is 0.353. The van der Waals surface area contributed by atoms with Gasteiger partial charge < -0.3 is 10.6 Å². The van der Waals surface area contributed by atoms with E-state index < -0.39 is 0 Å². The first-order chi connectivity index (χ1) is 11.6. The third-order valence-corrected chi connectivity index (χ3v) is 3.93. The summed E-state index contributed by atoms with van der Waals surface area (Å²) in [5, 5.41) is 10.5. The summed E-state index contributed by atoms with van der Waals surface area (Å²) in [6.07, 6.45) is 0.201. The summed E-state index contributed by atoms with van der Waals surface area (Å²) in [7, 11) is 0. The number of amides is 1. The second kappa shape index (κ2) is 7.35. The number of halogens is 1. The predicted molar refractivity (Wildman–Crippen MR) is 85.7 cm³/mol. The van der Waals surface area contributed by atoms with Crippen LogP contribution in [0.3, 0.4) is 0 Å². The molecule has 7 heteroatoms. The molecule has 0 saturated heterocycles. The van der Waals surface area contributed by atoms with Crippen molar-refractivity contribution in [2.75, 3.05) is 6.54 Å². The molecule has 1 amide bonds. The van der Waals surface area contributed by atoms with Gasteiger partial charge in [0.25, 0.3) is 0 Å². The molecule has 1 aromatic heterocycles. The summed E-state index contributed by atoms with van der Waals surface area (Å²) in [6.45, 7) is 2.86. The quantitative estimate of drug-likeness (QED) is 0.785. The minimum absolute atomic E-state index is 0.0983. The van der Waals surface area contributed by atoms with Crippen LogP contribution in [0, 0.1) is 5.82 Å². The van der Waals surface area contributed by atoms with Gasteiger partial charge in [0.05, 0.1) is 24.5 Å². The van der Waals surface area contributed by atoms with Crippen molar-refractivity contribution in [3.8, 4) is 0 Å². The molecular formula is C17H19FN4O2. The van der Waals surface area contributed by atoms with E-state index in [1.807, 2.05) is 10.7 Å². The molecule has 0 unspecified atom stereocenters. The van der Waals surface area contributed by atoms with Gasteiger partial charge in [-0.15, -0.1) is 0 Å². The van der Waals surface area contributed by atoms with Crippen molar-refractivity contribution >= 4 is 11.7 Å². The molecule has 0 fully saturated rings. The molecule has 2 heterocycles. The molecular weight excluding hydrogens is 311 g/mol. The van der Waals surface area contributed by atoms with Crippen LogP contribution < -0.4 is 10.6 Å². The van der Waals surface area contributed by atoms with Crippen LogP contribution in [0.25, 0.3) is 0 Å². The van der Waals surface area contributed by atoms with Crippen molar-refractivity contribution in [2.45, 2.75) is 32.5 Å². The van der Waals surface area contributed by atoms with E-state index in [9.17, 15) is 14.0 Å². The molecule has 0 atom stereocenters. The number of rotatable bonds is 6. The van der Waals surface area contributed by atoms with E-state index in [1.165, 1.54) is 24.3 Å². The fourth-order valence-corrected chi connectivity index (χ4v) is 2.62. The minimum atomic E-state index is -0.387. The monoisotopic (exact) mass is 330 g/mol. The molecule has 0 aliphatic carbocycles. The Hall–Kier alpha value is -2.54. The number of hydrogen-bond donors (Lipinski definition) is 2. The normalized spacial score (nSPS) is 13.4. The van der Waals surface area contributed by atoms with Crippen LogP contribution in [-0.2, 0) is 24.4 Å². The molecule has 2 N–H and O–H groups in total. The highest BCUT2D eigenvalue weighted by atomic mass is 19.1. The van der Waals surface area contributed by atoms with Crippen molar-refractivity contribution in [1.82, 2.24) is 20.4 Å². The average molecular weight is 330 g/mol. The van der Waals surface area contributed by atoms with Gasteiger partial charge in [-0.1, -0.05) is 0 Å². The Bertz CT molecular complexity index is 716. The number of nitrogens with one attached hydrogen (secondary N) is 2. The lowest BCUT2D eigenvalue weighted by molar-refractivity contribution is -0.121. The summed E-state index contributed by atoms with van der Waals surface area (Å²) in [6, 6.07) is 7.31. The molecule has 1 aromatic carbocycles. The average Bonchev–Trinajstić information content (AvgIpc) is 3.01. The lowest BCUT2D eigenvalue weighted by atomic mass is 10.1. The first-order valence-corrected chi connectivity index (χ1v) is 7.93. The van der Waals surface area contributed by atoms with Gasteiger partial charge in [-0.3, -0.25) is 14.3 Å².